The van der Waals surface area contributed by atoms with Crippen molar-refractivity contribution in [3.8, 4) is 17.0 Å². The number of amides is 2. The topological polar surface area (TPSA) is 71.5 Å². The SMILES string of the molecule is C=CCN1C(=O)COc2ccc(-c3nc(NC(=O)c4c(F)cccc4Cl)sc3C)cc21. The Balaban J connectivity index is 1.65. The first-order valence-electron chi connectivity index (χ1n) is 9.30. The summed E-state index contributed by atoms with van der Waals surface area (Å²) in [6, 6.07) is 9.48. The molecule has 0 unspecified atom stereocenters. The second-order valence-corrected chi connectivity index (χ2v) is 8.35. The van der Waals surface area contributed by atoms with Crippen molar-refractivity contribution >= 4 is 45.6 Å². The Hall–Kier alpha value is -3.23. The van der Waals surface area contributed by atoms with Gasteiger partial charge in [0.15, 0.2) is 11.7 Å². The molecule has 0 saturated heterocycles. The van der Waals surface area contributed by atoms with Crippen LogP contribution in [0, 0.1) is 12.7 Å². The number of hydrogen-bond donors (Lipinski definition) is 1. The zero-order valence-electron chi connectivity index (χ0n) is 16.4. The van der Waals surface area contributed by atoms with E-state index in [0.717, 1.165) is 10.4 Å². The first-order valence-corrected chi connectivity index (χ1v) is 10.5. The summed E-state index contributed by atoms with van der Waals surface area (Å²) in [4.78, 5) is 31.7. The Morgan fingerprint density at radius 2 is 2.23 bits per heavy atom. The van der Waals surface area contributed by atoms with Crippen LogP contribution in [0.1, 0.15) is 15.2 Å². The van der Waals surface area contributed by atoms with Gasteiger partial charge in [0.25, 0.3) is 11.8 Å². The van der Waals surface area contributed by atoms with Gasteiger partial charge in [-0.05, 0) is 37.3 Å². The first kappa shape index (κ1) is 21.0. The van der Waals surface area contributed by atoms with E-state index in [0.29, 0.717) is 28.8 Å². The molecule has 31 heavy (non-hydrogen) atoms. The largest absolute Gasteiger partial charge is 0.482 e. The summed E-state index contributed by atoms with van der Waals surface area (Å²) in [7, 11) is 0. The van der Waals surface area contributed by atoms with Crippen LogP contribution in [0.2, 0.25) is 5.02 Å². The molecule has 4 rings (SSSR count). The molecule has 6 nitrogen and oxygen atoms in total. The highest BCUT2D eigenvalue weighted by Crippen LogP contribution is 2.38. The molecule has 1 aromatic heterocycles. The van der Waals surface area contributed by atoms with Gasteiger partial charge in [-0.3, -0.25) is 14.9 Å². The normalized spacial score (nSPS) is 12.9. The van der Waals surface area contributed by atoms with Crippen LogP contribution in [0.5, 0.6) is 5.75 Å². The fourth-order valence-electron chi connectivity index (χ4n) is 3.27. The summed E-state index contributed by atoms with van der Waals surface area (Å²) >= 11 is 7.23. The molecule has 9 heteroatoms. The summed E-state index contributed by atoms with van der Waals surface area (Å²) in [6.07, 6.45) is 1.65. The van der Waals surface area contributed by atoms with E-state index in [1.807, 2.05) is 19.1 Å². The molecule has 0 aliphatic carbocycles. The van der Waals surface area contributed by atoms with Gasteiger partial charge in [0.2, 0.25) is 0 Å². The maximum atomic E-state index is 14.0. The summed E-state index contributed by atoms with van der Waals surface area (Å²) < 4.78 is 19.5. The van der Waals surface area contributed by atoms with Crippen molar-refractivity contribution in [1.29, 1.82) is 0 Å². The van der Waals surface area contributed by atoms with Gasteiger partial charge in [0.05, 0.1) is 22.0 Å². The summed E-state index contributed by atoms with van der Waals surface area (Å²) in [5.74, 6) is -0.944. The molecule has 1 aliphatic heterocycles. The lowest BCUT2D eigenvalue weighted by molar-refractivity contribution is -0.121. The number of aryl methyl sites for hydroxylation is 1. The van der Waals surface area contributed by atoms with Crippen LogP contribution in [0.4, 0.5) is 15.2 Å². The standard InChI is InChI=1S/C22H17ClFN3O3S/c1-3-9-27-16-10-13(7-8-17(16)30-11-18(27)28)20-12(2)31-22(25-20)26-21(29)19-14(23)5-4-6-15(19)24/h3-8,10H,1,9,11H2,2H3,(H,25,26,29). The van der Waals surface area contributed by atoms with Crippen molar-refractivity contribution in [2.45, 2.75) is 6.92 Å². The minimum absolute atomic E-state index is 0.0210. The Morgan fingerprint density at radius 1 is 1.42 bits per heavy atom. The van der Waals surface area contributed by atoms with E-state index in [1.165, 1.54) is 29.5 Å². The lowest BCUT2D eigenvalue weighted by Crippen LogP contribution is -2.38. The Labute approximate surface area is 186 Å². The molecule has 3 aromatic rings. The van der Waals surface area contributed by atoms with E-state index < -0.39 is 11.7 Å². The van der Waals surface area contributed by atoms with E-state index in [4.69, 9.17) is 16.3 Å². The summed E-state index contributed by atoms with van der Waals surface area (Å²) in [5, 5.41) is 2.94. The number of aromatic nitrogens is 1. The third-order valence-corrected chi connectivity index (χ3v) is 5.90. The van der Waals surface area contributed by atoms with E-state index >= 15 is 0 Å². The van der Waals surface area contributed by atoms with E-state index in [1.54, 1.807) is 17.0 Å². The predicted octanol–water partition coefficient (Wildman–Crippen LogP) is 5.07. The monoisotopic (exact) mass is 457 g/mol. The number of fused-ring (bicyclic) bond motifs is 1. The van der Waals surface area contributed by atoms with Gasteiger partial charge in [0.1, 0.15) is 11.6 Å². The molecule has 1 N–H and O–H groups in total. The maximum Gasteiger partial charge on any atom is 0.265 e. The number of nitrogens with zero attached hydrogens (tertiary/aromatic N) is 2. The van der Waals surface area contributed by atoms with Crippen LogP contribution in [-0.2, 0) is 4.79 Å². The lowest BCUT2D eigenvalue weighted by atomic mass is 10.1. The highest BCUT2D eigenvalue weighted by atomic mass is 35.5. The summed E-state index contributed by atoms with van der Waals surface area (Å²) in [5.41, 5.74) is 1.79. The van der Waals surface area contributed by atoms with Crippen LogP contribution >= 0.6 is 22.9 Å². The Kier molecular flexibility index (Phi) is 5.75. The van der Waals surface area contributed by atoms with E-state index in [-0.39, 0.29) is 23.1 Å². The van der Waals surface area contributed by atoms with Gasteiger partial charge >= 0.3 is 0 Å². The second-order valence-electron chi connectivity index (χ2n) is 6.74. The molecule has 0 atom stereocenters. The molecule has 0 radical (unpaired) electrons. The van der Waals surface area contributed by atoms with Crippen molar-refractivity contribution in [2.24, 2.45) is 0 Å². The van der Waals surface area contributed by atoms with Crippen molar-refractivity contribution in [3.63, 3.8) is 0 Å². The van der Waals surface area contributed by atoms with Crippen LogP contribution < -0.4 is 15.0 Å². The third kappa shape index (κ3) is 4.04. The first-order chi connectivity index (χ1) is 14.9. The molecule has 1 aliphatic rings. The number of benzene rings is 2. The quantitative estimate of drug-likeness (QED) is 0.543. The molecule has 0 fully saturated rings. The van der Waals surface area contributed by atoms with Gasteiger partial charge in [-0.15, -0.1) is 17.9 Å². The zero-order chi connectivity index (χ0) is 22.1. The molecule has 2 amide bonds. The van der Waals surface area contributed by atoms with E-state index in [9.17, 15) is 14.0 Å². The minimum atomic E-state index is -0.708. The lowest BCUT2D eigenvalue weighted by Gasteiger charge is -2.28. The number of ether oxygens (including phenoxy) is 1. The number of halogens is 2. The second kappa shape index (κ2) is 8.49. The Bertz CT molecular complexity index is 1190. The molecule has 0 spiro atoms. The predicted molar refractivity (Wildman–Crippen MR) is 120 cm³/mol. The Morgan fingerprint density at radius 3 is 2.97 bits per heavy atom. The van der Waals surface area contributed by atoms with Crippen molar-refractivity contribution < 1.29 is 18.7 Å². The zero-order valence-corrected chi connectivity index (χ0v) is 18.0. The highest BCUT2D eigenvalue weighted by Gasteiger charge is 2.26. The number of carbonyl (C=O) groups is 2. The molecule has 158 valence electrons. The average molecular weight is 458 g/mol. The van der Waals surface area contributed by atoms with Crippen molar-refractivity contribution in [1.82, 2.24) is 4.98 Å². The molecule has 0 bridgehead atoms. The van der Waals surface area contributed by atoms with Gasteiger partial charge < -0.3 is 9.64 Å². The number of rotatable bonds is 5. The van der Waals surface area contributed by atoms with Gasteiger partial charge in [-0.25, -0.2) is 9.37 Å². The number of hydrogen-bond acceptors (Lipinski definition) is 5. The van der Waals surface area contributed by atoms with Gasteiger partial charge in [0, 0.05) is 17.0 Å². The van der Waals surface area contributed by atoms with Crippen LogP contribution in [-0.4, -0.2) is 29.9 Å². The molecular formula is C22H17ClFN3O3S. The van der Waals surface area contributed by atoms with Crippen molar-refractivity contribution in [2.75, 3.05) is 23.4 Å². The highest BCUT2D eigenvalue weighted by molar-refractivity contribution is 7.16. The molecule has 2 heterocycles. The maximum absolute atomic E-state index is 14.0. The third-order valence-electron chi connectivity index (χ3n) is 4.69. The minimum Gasteiger partial charge on any atom is -0.482 e. The number of nitrogens with one attached hydrogen (secondary N) is 1. The van der Waals surface area contributed by atoms with Crippen LogP contribution in [0.15, 0.2) is 49.1 Å². The smallest absolute Gasteiger partial charge is 0.265 e. The number of thiazole rings is 1. The molecule has 0 saturated carbocycles. The summed E-state index contributed by atoms with van der Waals surface area (Å²) in [6.45, 7) is 5.90. The van der Waals surface area contributed by atoms with Crippen molar-refractivity contribution in [3.05, 3.63) is 70.3 Å². The molecule has 2 aromatic carbocycles. The van der Waals surface area contributed by atoms with Crippen LogP contribution in [0.25, 0.3) is 11.3 Å². The fraction of sp³-hybridized carbons (Fsp3) is 0.136. The number of carbonyl (C=O) groups excluding carboxylic acids is 2. The number of anilines is 2. The van der Waals surface area contributed by atoms with Crippen LogP contribution in [0.3, 0.4) is 0 Å². The average Bonchev–Trinajstić information content (AvgIpc) is 3.09. The molecular weight excluding hydrogens is 441 g/mol. The fourth-order valence-corrected chi connectivity index (χ4v) is 4.35. The van der Waals surface area contributed by atoms with Gasteiger partial charge in [-0.1, -0.05) is 23.7 Å². The van der Waals surface area contributed by atoms with E-state index in [2.05, 4.69) is 16.9 Å². The van der Waals surface area contributed by atoms with Gasteiger partial charge in [-0.2, -0.15) is 0 Å².